The number of hydrogen-bond acceptors (Lipinski definition) is 5. The van der Waals surface area contributed by atoms with E-state index in [2.05, 4.69) is 15.3 Å². The van der Waals surface area contributed by atoms with Crippen molar-refractivity contribution in [3.8, 4) is 6.07 Å². The lowest BCUT2D eigenvalue weighted by Crippen LogP contribution is -2.04. The van der Waals surface area contributed by atoms with Crippen LogP contribution in [0.2, 0.25) is 5.02 Å². The van der Waals surface area contributed by atoms with Crippen molar-refractivity contribution < 1.29 is 9.90 Å². The smallest absolute Gasteiger partial charge is 0.356 e. The van der Waals surface area contributed by atoms with E-state index in [0.717, 1.165) is 6.20 Å². The largest absolute Gasteiger partial charge is 0.476 e. The second-order valence-corrected chi connectivity index (χ2v) is 3.96. The minimum Gasteiger partial charge on any atom is -0.476 e. The lowest BCUT2D eigenvalue weighted by atomic mass is 10.2. The van der Waals surface area contributed by atoms with Crippen LogP contribution in [0.1, 0.15) is 16.1 Å². The number of nitriles is 1. The van der Waals surface area contributed by atoms with Crippen molar-refractivity contribution in [2.45, 2.75) is 0 Å². The van der Waals surface area contributed by atoms with Crippen molar-refractivity contribution in [3.63, 3.8) is 0 Å². The molecule has 1 heterocycles. The molecule has 0 aliphatic rings. The number of nitrogens with zero attached hydrogens (tertiary/aromatic N) is 3. The van der Waals surface area contributed by atoms with E-state index in [4.69, 9.17) is 22.0 Å². The second-order valence-electron chi connectivity index (χ2n) is 3.52. The number of aromatic carboxylic acids is 1. The molecule has 2 rings (SSSR count). The standard InChI is InChI=1S/C12H7ClN4O2/c13-8-2-1-7(4-14)9(3-8)16-11-6-15-5-10(17-11)12(18)19/h1-3,5-6H,(H,16,17)(H,18,19). The van der Waals surface area contributed by atoms with E-state index >= 15 is 0 Å². The summed E-state index contributed by atoms with van der Waals surface area (Å²) in [4.78, 5) is 18.4. The Labute approximate surface area is 113 Å². The highest BCUT2D eigenvalue weighted by Crippen LogP contribution is 2.23. The first-order valence-corrected chi connectivity index (χ1v) is 5.50. The minimum absolute atomic E-state index is 0.189. The van der Waals surface area contributed by atoms with Gasteiger partial charge in [0.15, 0.2) is 5.69 Å². The summed E-state index contributed by atoms with van der Waals surface area (Å²) in [5.41, 5.74) is 0.615. The molecule has 94 valence electrons. The lowest BCUT2D eigenvalue weighted by molar-refractivity contribution is 0.0690. The third kappa shape index (κ3) is 2.97. The fraction of sp³-hybridized carbons (Fsp3) is 0. The molecule has 0 spiro atoms. The topological polar surface area (TPSA) is 98.9 Å². The van der Waals surface area contributed by atoms with Gasteiger partial charge >= 0.3 is 5.97 Å². The Bertz CT molecular complexity index is 682. The normalized spacial score (nSPS) is 9.68. The molecule has 0 bridgehead atoms. The van der Waals surface area contributed by atoms with Gasteiger partial charge in [0, 0.05) is 5.02 Å². The second kappa shape index (κ2) is 5.33. The van der Waals surface area contributed by atoms with Gasteiger partial charge in [-0.25, -0.2) is 9.78 Å². The molecule has 0 atom stereocenters. The van der Waals surface area contributed by atoms with E-state index < -0.39 is 5.97 Å². The maximum atomic E-state index is 10.8. The summed E-state index contributed by atoms with van der Waals surface area (Å²) >= 11 is 5.84. The van der Waals surface area contributed by atoms with Gasteiger partial charge < -0.3 is 10.4 Å². The molecule has 7 heteroatoms. The molecular weight excluding hydrogens is 268 g/mol. The molecule has 2 aromatic rings. The average molecular weight is 275 g/mol. The van der Waals surface area contributed by atoms with Crippen LogP contribution in [0.15, 0.2) is 30.6 Å². The Morgan fingerprint density at radius 1 is 1.42 bits per heavy atom. The number of anilines is 2. The molecule has 1 aromatic heterocycles. The molecule has 0 amide bonds. The number of hydrogen-bond donors (Lipinski definition) is 2. The van der Waals surface area contributed by atoms with Gasteiger partial charge in [-0.1, -0.05) is 11.6 Å². The van der Waals surface area contributed by atoms with Gasteiger partial charge in [-0.3, -0.25) is 4.98 Å². The maximum absolute atomic E-state index is 10.8. The highest BCUT2D eigenvalue weighted by Gasteiger charge is 2.08. The number of halogens is 1. The fourth-order valence-corrected chi connectivity index (χ4v) is 1.56. The molecule has 6 nitrogen and oxygen atoms in total. The fourth-order valence-electron chi connectivity index (χ4n) is 1.38. The zero-order chi connectivity index (χ0) is 13.8. The Hall–Kier alpha value is -2.65. The zero-order valence-corrected chi connectivity index (χ0v) is 10.2. The van der Waals surface area contributed by atoms with Crippen LogP contribution in [-0.4, -0.2) is 21.0 Å². The van der Waals surface area contributed by atoms with Gasteiger partial charge in [-0.05, 0) is 18.2 Å². The first kappa shape index (κ1) is 12.8. The van der Waals surface area contributed by atoms with E-state index in [9.17, 15) is 4.79 Å². The third-order valence-corrected chi connectivity index (χ3v) is 2.45. The summed E-state index contributed by atoms with van der Waals surface area (Å²) in [6, 6.07) is 6.69. The summed E-state index contributed by atoms with van der Waals surface area (Å²) < 4.78 is 0. The van der Waals surface area contributed by atoms with E-state index in [1.807, 2.05) is 6.07 Å². The van der Waals surface area contributed by atoms with Crippen molar-refractivity contribution in [1.29, 1.82) is 5.26 Å². The quantitative estimate of drug-likeness (QED) is 0.892. The van der Waals surface area contributed by atoms with Gasteiger partial charge in [-0.2, -0.15) is 5.26 Å². The number of carboxylic acids is 1. The van der Waals surface area contributed by atoms with Crippen LogP contribution in [-0.2, 0) is 0 Å². The first-order valence-electron chi connectivity index (χ1n) is 5.12. The van der Waals surface area contributed by atoms with Crippen LogP contribution < -0.4 is 5.32 Å². The Morgan fingerprint density at radius 2 is 2.21 bits per heavy atom. The van der Waals surface area contributed by atoms with E-state index in [1.165, 1.54) is 6.20 Å². The molecule has 2 N–H and O–H groups in total. The number of benzene rings is 1. The van der Waals surface area contributed by atoms with Gasteiger partial charge in [0.05, 0.1) is 23.6 Å². The van der Waals surface area contributed by atoms with E-state index in [0.29, 0.717) is 16.3 Å². The molecule has 0 unspecified atom stereocenters. The van der Waals surface area contributed by atoms with Crippen molar-refractivity contribution in [2.75, 3.05) is 5.32 Å². The van der Waals surface area contributed by atoms with E-state index in [-0.39, 0.29) is 11.5 Å². The average Bonchev–Trinajstić information content (AvgIpc) is 2.39. The van der Waals surface area contributed by atoms with Gasteiger partial charge in [0.25, 0.3) is 0 Å². The van der Waals surface area contributed by atoms with Crippen molar-refractivity contribution in [1.82, 2.24) is 9.97 Å². The van der Waals surface area contributed by atoms with Gasteiger partial charge in [-0.15, -0.1) is 0 Å². The number of nitrogens with one attached hydrogen (secondary N) is 1. The van der Waals surface area contributed by atoms with Crippen LogP contribution in [0.4, 0.5) is 11.5 Å². The summed E-state index contributed by atoms with van der Waals surface area (Å²) in [7, 11) is 0. The molecule has 0 fully saturated rings. The number of carbonyl (C=O) groups is 1. The monoisotopic (exact) mass is 274 g/mol. The predicted octanol–water partition coefficient (Wildman–Crippen LogP) is 2.44. The molecule has 0 saturated heterocycles. The maximum Gasteiger partial charge on any atom is 0.356 e. The predicted molar refractivity (Wildman–Crippen MR) is 68.4 cm³/mol. The first-order chi connectivity index (χ1) is 9.10. The summed E-state index contributed by atoms with van der Waals surface area (Å²) in [5.74, 6) is -0.957. The van der Waals surface area contributed by atoms with Crippen molar-refractivity contribution in [2.24, 2.45) is 0 Å². The molecule has 1 aromatic carbocycles. The summed E-state index contributed by atoms with van der Waals surface area (Å²) in [5, 5.41) is 21.0. The molecule has 0 radical (unpaired) electrons. The molecular formula is C12H7ClN4O2. The van der Waals surface area contributed by atoms with Gasteiger partial charge in [0.1, 0.15) is 11.9 Å². The summed E-state index contributed by atoms with van der Waals surface area (Å²) in [6.07, 6.45) is 2.49. The minimum atomic E-state index is -1.18. The third-order valence-electron chi connectivity index (χ3n) is 2.22. The van der Waals surface area contributed by atoms with E-state index in [1.54, 1.807) is 18.2 Å². The zero-order valence-electron chi connectivity index (χ0n) is 9.46. The Morgan fingerprint density at radius 3 is 2.89 bits per heavy atom. The van der Waals surface area contributed by atoms with Crippen LogP contribution in [0, 0.1) is 11.3 Å². The number of rotatable bonds is 3. The molecule has 0 aliphatic heterocycles. The van der Waals surface area contributed by atoms with Crippen molar-refractivity contribution in [3.05, 3.63) is 46.9 Å². The van der Waals surface area contributed by atoms with Crippen LogP contribution >= 0.6 is 11.6 Å². The number of aromatic nitrogens is 2. The van der Waals surface area contributed by atoms with Crippen molar-refractivity contribution >= 4 is 29.1 Å². The molecule has 0 saturated carbocycles. The molecule has 0 aliphatic carbocycles. The van der Waals surface area contributed by atoms with Gasteiger partial charge in [0.2, 0.25) is 0 Å². The highest BCUT2D eigenvalue weighted by atomic mass is 35.5. The Kier molecular flexibility index (Phi) is 3.59. The number of carboxylic acid groups (broad SMARTS) is 1. The SMILES string of the molecule is N#Cc1ccc(Cl)cc1Nc1cncc(C(=O)O)n1. The lowest BCUT2D eigenvalue weighted by Gasteiger charge is -2.07. The van der Waals surface area contributed by atoms with Crippen LogP contribution in [0.5, 0.6) is 0 Å². The van der Waals surface area contributed by atoms with Crippen LogP contribution in [0.25, 0.3) is 0 Å². The highest BCUT2D eigenvalue weighted by molar-refractivity contribution is 6.30. The van der Waals surface area contributed by atoms with Crippen LogP contribution in [0.3, 0.4) is 0 Å². The Balaban J connectivity index is 2.36. The molecule has 19 heavy (non-hydrogen) atoms. The summed E-state index contributed by atoms with van der Waals surface area (Å²) in [6.45, 7) is 0.